The van der Waals surface area contributed by atoms with Gasteiger partial charge in [0.1, 0.15) is 0 Å². The van der Waals surface area contributed by atoms with Gasteiger partial charge in [-0.15, -0.1) is 0 Å². The number of benzene rings is 2. The number of hydrogen-bond donors (Lipinski definition) is 2. The van der Waals surface area contributed by atoms with Crippen LogP contribution in [0.2, 0.25) is 0 Å². The molecule has 2 N–H and O–H groups in total. The van der Waals surface area contributed by atoms with E-state index in [-0.39, 0.29) is 17.3 Å². The minimum absolute atomic E-state index is 0.103. The molecule has 0 spiro atoms. The van der Waals surface area contributed by atoms with Gasteiger partial charge in [0.2, 0.25) is 15.9 Å². The summed E-state index contributed by atoms with van der Waals surface area (Å²) < 4.78 is 26.5. The number of hydrogen-bond acceptors (Lipinski definition) is 4. The Labute approximate surface area is 160 Å². The standard InChI is InChI=1S/C20H25N3O3S/c1-15-5-10-19(16(2)13-15)22-20(24)14-21-17-6-8-18(9-7-17)27(25,26)23-11-3-4-12-23/h5-10,13,21H,3-4,11-12,14H2,1-2H3,(H,22,24). The molecule has 1 fully saturated rings. The molecule has 0 aromatic heterocycles. The Kier molecular flexibility index (Phi) is 5.82. The van der Waals surface area contributed by atoms with Crippen molar-refractivity contribution in [3.8, 4) is 0 Å². The molecule has 2 aromatic rings. The molecule has 7 heteroatoms. The van der Waals surface area contributed by atoms with Gasteiger partial charge in [0.15, 0.2) is 0 Å². The molecular weight excluding hydrogens is 362 g/mol. The van der Waals surface area contributed by atoms with Crippen LogP contribution in [-0.2, 0) is 14.8 Å². The number of carbonyl (C=O) groups excluding carboxylic acids is 1. The summed E-state index contributed by atoms with van der Waals surface area (Å²) in [5, 5.41) is 5.90. The first-order valence-electron chi connectivity index (χ1n) is 9.07. The normalized spacial score (nSPS) is 14.9. The third-order valence-electron chi connectivity index (χ3n) is 4.67. The lowest BCUT2D eigenvalue weighted by Gasteiger charge is -2.16. The zero-order chi connectivity index (χ0) is 19.4. The quantitative estimate of drug-likeness (QED) is 0.798. The van der Waals surface area contributed by atoms with E-state index in [1.807, 2.05) is 32.0 Å². The maximum atomic E-state index is 12.5. The first-order chi connectivity index (χ1) is 12.9. The molecule has 0 radical (unpaired) electrons. The average molecular weight is 388 g/mol. The van der Waals surface area contributed by atoms with E-state index in [4.69, 9.17) is 0 Å². The molecule has 1 aliphatic heterocycles. The number of anilines is 2. The molecule has 0 atom stereocenters. The molecule has 0 aliphatic carbocycles. The van der Waals surface area contributed by atoms with Crippen molar-refractivity contribution in [1.82, 2.24) is 4.31 Å². The zero-order valence-electron chi connectivity index (χ0n) is 15.7. The number of carbonyl (C=O) groups is 1. The van der Waals surface area contributed by atoms with Gasteiger partial charge >= 0.3 is 0 Å². The van der Waals surface area contributed by atoms with Crippen molar-refractivity contribution in [3.05, 3.63) is 53.6 Å². The minimum atomic E-state index is -3.41. The van der Waals surface area contributed by atoms with E-state index >= 15 is 0 Å². The van der Waals surface area contributed by atoms with Crippen LogP contribution < -0.4 is 10.6 Å². The van der Waals surface area contributed by atoms with Crippen LogP contribution in [0.1, 0.15) is 24.0 Å². The highest BCUT2D eigenvalue weighted by Crippen LogP contribution is 2.22. The number of rotatable bonds is 6. The second-order valence-electron chi connectivity index (χ2n) is 6.86. The fourth-order valence-electron chi connectivity index (χ4n) is 3.15. The Hall–Kier alpha value is -2.38. The van der Waals surface area contributed by atoms with Gasteiger partial charge < -0.3 is 10.6 Å². The number of amides is 1. The Morgan fingerprint density at radius 2 is 1.70 bits per heavy atom. The molecule has 1 aliphatic rings. The average Bonchev–Trinajstić information content (AvgIpc) is 3.18. The Bertz CT molecular complexity index is 918. The van der Waals surface area contributed by atoms with E-state index in [1.165, 1.54) is 4.31 Å². The number of nitrogens with one attached hydrogen (secondary N) is 2. The molecule has 6 nitrogen and oxygen atoms in total. The highest BCUT2D eigenvalue weighted by atomic mass is 32.2. The number of aryl methyl sites for hydroxylation is 2. The highest BCUT2D eigenvalue weighted by molar-refractivity contribution is 7.89. The summed E-state index contributed by atoms with van der Waals surface area (Å²) in [4.78, 5) is 12.4. The van der Waals surface area contributed by atoms with Crippen molar-refractivity contribution in [2.45, 2.75) is 31.6 Å². The van der Waals surface area contributed by atoms with Crippen molar-refractivity contribution in [3.63, 3.8) is 0 Å². The summed E-state index contributed by atoms with van der Waals surface area (Å²) >= 11 is 0. The third-order valence-corrected chi connectivity index (χ3v) is 6.58. The van der Waals surface area contributed by atoms with Gasteiger partial charge in [-0.2, -0.15) is 4.31 Å². The Morgan fingerprint density at radius 3 is 2.33 bits per heavy atom. The molecule has 2 aromatic carbocycles. The summed E-state index contributed by atoms with van der Waals surface area (Å²) in [5.74, 6) is -0.157. The lowest BCUT2D eigenvalue weighted by Crippen LogP contribution is -2.27. The van der Waals surface area contributed by atoms with Crippen molar-refractivity contribution in [2.75, 3.05) is 30.3 Å². The van der Waals surface area contributed by atoms with E-state index in [1.54, 1.807) is 24.3 Å². The molecule has 1 heterocycles. The van der Waals surface area contributed by atoms with Crippen LogP contribution in [0.3, 0.4) is 0 Å². The van der Waals surface area contributed by atoms with Crippen molar-refractivity contribution in [2.24, 2.45) is 0 Å². The molecule has 144 valence electrons. The van der Waals surface area contributed by atoms with E-state index < -0.39 is 10.0 Å². The molecule has 0 saturated carbocycles. The second kappa shape index (κ2) is 8.10. The lowest BCUT2D eigenvalue weighted by molar-refractivity contribution is -0.114. The number of sulfonamides is 1. The first-order valence-corrected chi connectivity index (χ1v) is 10.5. The van der Waals surface area contributed by atoms with Crippen LogP contribution in [0, 0.1) is 13.8 Å². The third kappa shape index (κ3) is 4.67. The predicted octanol–water partition coefficient (Wildman–Crippen LogP) is 3.14. The molecule has 0 unspecified atom stereocenters. The van der Waals surface area contributed by atoms with Gasteiger partial charge in [-0.05, 0) is 62.6 Å². The summed E-state index contributed by atoms with van der Waals surface area (Å²) in [6.07, 6.45) is 1.82. The van der Waals surface area contributed by atoms with Crippen molar-refractivity contribution < 1.29 is 13.2 Å². The first kappa shape index (κ1) is 19.4. The largest absolute Gasteiger partial charge is 0.376 e. The van der Waals surface area contributed by atoms with Gasteiger partial charge in [0.25, 0.3) is 0 Å². The summed E-state index contributed by atoms with van der Waals surface area (Å²) in [7, 11) is -3.41. The van der Waals surface area contributed by atoms with E-state index in [0.717, 1.165) is 29.7 Å². The molecule has 1 amide bonds. The molecule has 1 saturated heterocycles. The summed E-state index contributed by atoms with van der Waals surface area (Å²) in [6, 6.07) is 12.4. The number of nitrogens with zero attached hydrogens (tertiary/aromatic N) is 1. The maximum absolute atomic E-state index is 12.5. The van der Waals surface area contributed by atoms with Crippen LogP contribution in [-0.4, -0.2) is 38.3 Å². The van der Waals surface area contributed by atoms with Crippen LogP contribution in [0.4, 0.5) is 11.4 Å². The highest BCUT2D eigenvalue weighted by Gasteiger charge is 2.26. The second-order valence-corrected chi connectivity index (χ2v) is 8.79. The fourth-order valence-corrected chi connectivity index (χ4v) is 4.67. The summed E-state index contributed by atoms with van der Waals surface area (Å²) in [6.45, 7) is 5.23. The topological polar surface area (TPSA) is 78.5 Å². The van der Waals surface area contributed by atoms with E-state index in [9.17, 15) is 13.2 Å². The Morgan fingerprint density at radius 1 is 1.04 bits per heavy atom. The SMILES string of the molecule is Cc1ccc(NC(=O)CNc2ccc(S(=O)(=O)N3CCCC3)cc2)c(C)c1. The molecular formula is C20H25N3O3S. The van der Waals surface area contributed by atoms with Gasteiger partial charge in [-0.1, -0.05) is 17.7 Å². The van der Waals surface area contributed by atoms with Crippen molar-refractivity contribution >= 4 is 27.3 Å². The van der Waals surface area contributed by atoms with Crippen LogP contribution in [0.15, 0.2) is 47.4 Å². The molecule has 0 bridgehead atoms. The summed E-state index contributed by atoms with van der Waals surface area (Å²) in [5.41, 5.74) is 3.65. The van der Waals surface area contributed by atoms with Gasteiger partial charge in [-0.25, -0.2) is 8.42 Å². The maximum Gasteiger partial charge on any atom is 0.243 e. The Balaban J connectivity index is 1.57. The zero-order valence-corrected chi connectivity index (χ0v) is 16.5. The van der Waals surface area contributed by atoms with Crippen LogP contribution >= 0.6 is 0 Å². The van der Waals surface area contributed by atoms with Gasteiger partial charge in [-0.3, -0.25) is 4.79 Å². The molecule has 27 heavy (non-hydrogen) atoms. The van der Waals surface area contributed by atoms with Gasteiger partial charge in [0, 0.05) is 24.5 Å². The predicted molar refractivity (Wildman–Crippen MR) is 107 cm³/mol. The van der Waals surface area contributed by atoms with Crippen molar-refractivity contribution in [1.29, 1.82) is 0 Å². The van der Waals surface area contributed by atoms with Crippen LogP contribution in [0.5, 0.6) is 0 Å². The fraction of sp³-hybridized carbons (Fsp3) is 0.350. The van der Waals surface area contributed by atoms with Gasteiger partial charge in [0.05, 0.1) is 11.4 Å². The van der Waals surface area contributed by atoms with E-state index in [2.05, 4.69) is 10.6 Å². The minimum Gasteiger partial charge on any atom is -0.376 e. The van der Waals surface area contributed by atoms with E-state index in [0.29, 0.717) is 18.8 Å². The monoisotopic (exact) mass is 387 g/mol. The molecule has 3 rings (SSSR count). The lowest BCUT2D eigenvalue weighted by atomic mass is 10.1. The smallest absolute Gasteiger partial charge is 0.243 e. The van der Waals surface area contributed by atoms with Crippen LogP contribution in [0.25, 0.3) is 0 Å².